The molecule has 2 heterocycles. The summed E-state index contributed by atoms with van der Waals surface area (Å²) in [5.74, 6) is 2.77. The predicted molar refractivity (Wildman–Crippen MR) is 101 cm³/mol. The lowest BCUT2D eigenvalue weighted by atomic mass is 10.4. The lowest BCUT2D eigenvalue weighted by Crippen LogP contribution is -2.38. The van der Waals surface area contributed by atoms with Gasteiger partial charge in [-0.2, -0.15) is 0 Å². The number of hydrogen-bond acceptors (Lipinski definition) is 4. The summed E-state index contributed by atoms with van der Waals surface area (Å²) in [6.07, 6.45) is 4.32. The Morgan fingerprint density at radius 3 is 2.91 bits per heavy atom. The van der Waals surface area contributed by atoms with Gasteiger partial charge in [-0.3, -0.25) is 4.99 Å². The second-order valence-electron chi connectivity index (χ2n) is 4.97. The third-order valence-corrected chi connectivity index (χ3v) is 3.28. The number of nitrogens with zero attached hydrogens (tertiary/aromatic N) is 5. The molecule has 0 unspecified atom stereocenters. The molecule has 0 aromatic carbocycles. The van der Waals surface area contributed by atoms with E-state index in [0.717, 1.165) is 37.1 Å². The van der Waals surface area contributed by atoms with Crippen LogP contribution in [0.1, 0.15) is 25.4 Å². The quantitative estimate of drug-likeness (QED) is 0.413. The molecule has 7 nitrogen and oxygen atoms in total. The highest BCUT2D eigenvalue weighted by atomic mass is 127. The number of aromatic nitrogens is 3. The average Bonchev–Trinajstić information content (AvgIpc) is 3.17. The van der Waals surface area contributed by atoms with Crippen molar-refractivity contribution in [3.05, 3.63) is 36.3 Å². The topological polar surface area (TPSA) is 71.5 Å². The smallest absolute Gasteiger partial charge is 0.194 e. The zero-order chi connectivity index (χ0) is 15.8. The Kier molecular flexibility index (Phi) is 8.67. The highest BCUT2D eigenvalue weighted by Gasteiger charge is 2.08. The van der Waals surface area contributed by atoms with Crippen molar-refractivity contribution in [1.29, 1.82) is 0 Å². The monoisotopic (exact) mass is 432 g/mol. The first-order valence-electron chi connectivity index (χ1n) is 7.63. The van der Waals surface area contributed by atoms with Gasteiger partial charge in [-0.05, 0) is 19.1 Å². The van der Waals surface area contributed by atoms with Crippen molar-refractivity contribution in [3.63, 3.8) is 0 Å². The number of halogens is 1. The van der Waals surface area contributed by atoms with E-state index in [0.29, 0.717) is 13.1 Å². The molecule has 0 aliphatic heterocycles. The number of rotatable bonds is 7. The Bertz CT molecular complexity index is 581. The van der Waals surface area contributed by atoms with E-state index in [4.69, 9.17) is 4.42 Å². The largest absolute Gasteiger partial charge is 0.467 e. The molecule has 0 amide bonds. The minimum Gasteiger partial charge on any atom is -0.467 e. The molecule has 0 saturated carbocycles. The second kappa shape index (κ2) is 10.2. The summed E-state index contributed by atoms with van der Waals surface area (Å²) < 4.78 is 7.42. The molecular weight excluding hydrogens is 407 g/mol. The number of furan rings is 1. The Hall–Kier alpha value is -1.58. The van der Waals surface area contributed by atoms with Crippen LogP contribution < -0.4 is 5.32 Å². The van der Waals surface area contributed by atoms with E-state index in [-0.39, 0.29) is 24.0 Å². The Morgan fingerprint density at radius 2 is 2.26 bits per heavy atom. The first kappa shape index (κ1) is 19.5. The van der Waals surface area contributed by atoms with Crippen LogP contribution in [0.3, 0.4) is 0 Å². The molecule has 0 spiro atoms. The van der Waals surface area contributed by atoms with Crippen LogP contribution in [0.5, 0.6) is 0 Å². The molecule has 2 aromatic rings. The number of guanidine groups is 1. The van der Waals surface area contributed by atoms with Gasteiger partial charge in [0, 0.05) is 26.6 Å². The molecule has 128 valence electrons. The summed E-state index contributed by atoms with van der Waals surface area (Å²) in [5, 5.41) is 11.3. The van der Waals surface area contributed by atoms with E-state index in [9.17, 15) is 0 Å². The number of aryl methyl sites for hydroxylation is 1. The van der Waals surface area contributed by atoms with Crippen molar-refractivity contribution in [2.45, 2.75) is 33.4 Å². The predicted octanol–water partition coefficient (Wildman–Crippen LogP) is 2.15. The summed E-state index contributed by atoms with van der Waals surface area (Å²) in [6.45, 7) is 7.10. The third kappa shape index (κ3) is 5.85. The van der Waals surface area contributed by atoms with E-state index in [1.807, 2.05) is 23.7 Å². The summed E-state index contributed by atoms with van der Waals surface area (Å²) >= 11 is 0. The zero-order valence-electron chi connectivity index (χ0n) is 13.9. The maximum atomic E-state index is 5.38. The summed E-state index contributed by atoms with van der Waals surface area (Å²) in [7, 11) is 2.00. The van der Waals surface area contributed by atoms with Crippen LogP contribution in [0.2, 0.25) is 0 Å². The van der Waals surface area contributed by atoms with Crippen LogP contribution in [0.4, 0.5) is 0 Å². The van der Waals surface area contributed by atoms with Crippen molar-refractivity contribution in [2.75, 3.05) is 20.1 Å². The van der Waals surface area contributed by atoms with Gasteiger partial charge >= 0.3 is 0 Å². The van der Waals surface area contributed by atoms with E-state index < -0.39 is 0 Å². The maximum Gasteiger partial charge on any atom is 0.194 e. The average molecular weight is 432 g/mol. The summed E-state index contributed by atoms with van der Waals surface area (Å²) in [4.78, 5) is 6.71. The standard InChI is InChI=1S/C15H24N6O.HI/c1-4-14-19-18-12-21(14)9-8-17-15(16-5-2)20(3)11-13-7-6-10-22-13;/h6-7,10,12H,4-5,8-9,11H2,1-3H3,(H,16,17);1H. The van der Waals surface area contributed by atoms with Crippen molar-refractivity contribution < 1.29 is 4.42 Å². The maximum absolute atomic E-state index is 5.38. The fourth-order valence-corrected chi connectivity index (χ4v) is 2.18. The third-order valence-electron chi connectivity index (χ3n) is 3.28. The van der Waals surface area contributed by atoms with Crippen LogP contribution >= 0.6 is 24.0 Å². The molecule has 0 fully saturated rings. The lowest BCUT2D eigenvalue weighted by molar-refractivity contribution is 0.400. The van der Waals surface area contributed by atoms with Crippen LogP contribution in [0.25, 0.3) is 0 Å². The molecular formula is C15H25IN6O. The van der Waals surface area contributed by atoms with Crippen molar-refractivity contribution in [1.82, 2.24) is 25.0 Å². The second-order valence-corrected chi connectivity index (χ2v) is 4.97. The van der Waals surface area contributed by atoms with Gasteiger partial charge in [-0.25, -0.2) is 0 Å². The summed E-state index contributed by atoms with van der Waals surface area (Å²) in [5.41, 5.74) is 0. The highest BCUT2D eigenvalue weighted by molar-refractivity contribution is 14.0. The van der Waals surface area contributed by atoms with Gasteiger partial charge in [0.1, 0.15) is 17.9 Å². The molecule has 0 aliphatic carbocycles. The molecule has 2 rings (SSSR count). The Balaban J connectivity index is 0.00000264. The fourth-order valence-electron chi connectivity index (χ4n) is 2.18. The summed E-state index contributed by atoms with van der Waals surface area (Å²) in [6, 6.07) is 3.86. The Labute approximate surface area is 154 Å². The van der Waals surface area contributed by atoms with Gasteiger partial charge < -0.3 is 19.2 Å². The van der Waals surface area contributed by atoms with E-state index >= 15 is 0 Å². The number of hydrogen-bond donors (Lipinski definition) is 1. The molecule has 0 aliphatic rings. The first-order valence-corrected chi connectivity index (χ1v) is 7.63. The SMILES string of the molecule is CCNC(=NCCn1cnnc1CC)N(C)Cc1ccco1.I. The molecule has 0 saturated heterocycles. The van der Waals surface area contributed by atoms with Crippen molar-refractivity contribution in [3.8, 4) is 0 Å². The van der Waals surface area contributed by atoms with Gasteiger partial charge in [-0.1, -0.05) is 6.92 Å². The minimum atomic E-state index is 0. The van der Waals surface area contributed by atoms with Crippen LogP contribution in [0, 0.1) is 0 Å². The van der Waals surface area contributed by atoms with Gasteiger partial charge in [0.15, 0.2) is 5.96 Å². The van der Waals surface area contributed by atoms with E-state index in [1.54, 1.807) is 12.6 Å². The van der Waals surface area contributed by atoms with Gasteiger partial charge in [0.25, 0.3) is 0 Å². The number of nitrogens with one attached hydrogen (secondary N) is 1. The van der Waals surface area contributed by atoms with Gasteiger partial charge in [0.05, 0.1) is 19.4 Å². The van der Waals surface area contributed by atoms with Crippen LogP contribution in [0.15, 0.2) is 34.1 Å². The minimum absolute atomic E-state index is 0. The van der Waals surface area contributed by atoms with Crippen LogP contribution in [-0.2, 0) is 19.5 Å². The van der Waals surface area contributed by atoms with E-state index in [1.165, 1.54) is 0 Å². The van der Waals surface area contributed by atoms with Gasteiger partial charge in [-0.15, -0.1) is 34.2 Å². The number of aliphatic imine (C=N–C) groups is 1. The normalized spacial score (nSPS) is 11.2. The molecule has 2 aromatic heterocycles. The van der Waals surface area contributed by atoms with Gasteiger partial charge in [0.2, 0.25) is 0 Å². The molecule has 8 heteroatoms. The lowest BCUT2D eigenvalue weighted by Gasteiger charge is -2.21. The zero-order valence-corrected chi connectivity index (χ0v) is 16.2. The molecule has 0 radical (unpaired) electrons. The molecule has 1 N–H and O–H groups in total. The molecule has 0 atom stereocenters. The Morgan fingerprint density at radius 1 is 1.43 bits per heavy atom. The fraction of sp³-hybridized carbons (Fsp3) is 0.533. The van der Waals surface area contributed by atoms with E-state index in [2.05, 4.69) is 39.3 Å². The first-order chi connectivity index (χ1) is 10.7. The molecule has 23 heavy (non-hydrogen) atoms. The van der Waals surface area contributed by atoms with Crippen molar-refractivity contribution >= 4 is 29.9 Å². The molecule has 0 bridgehead atoms. The van der Waals surface area contributed by atoms with Crippen LogP contribution in [-0.4, -0.2) is 45.8 Å². The van der Waals surface area contributed by atoms with Crippen molar-refractivity contribution in [2.24, 2.45) is 4.99 Å². The highest BCUT2D eigenvalue weighted by Crippen LogP contribution is 2.04.